The van der Waals surface area contributed by atoms with Gasteiger partial charge < -0.3 is 37.6 Å². The number of benzene rings is 2. The fourth-order valence-electron chi connectivity index (χ4n) is 5.62. The van der Waals surface area contributed by atoms with Crippen LogP contribution in [0.4, 0.5) is 0 Å². The molecular weight excluding hydrogens is 628 g/mol. The van der Waals surface area contributed by atoms with Gasteiger partial charge in [-0.2, -0.15) is 0 Å². The Morgan fingerprint density at radius 1 is 0.958 bits per heavy atom. The van der Waals surface area contributed by atoms with E-state index in [4.69, 9.17) is 18.6 Å². The monoisotopic (exact) mass is 667 g/mol. The summed E-state index contributed by atoms with van der Waals surface area (Å²) in [6, 6.07) is 5.96. The number of hydrogen-bond acceptors (Lipinski definition) is 11. The maximum Gasteiger partial charge on any atom is 0.322 e. The number of amides is 4. The molecule has 16 nitrogen and oxygen atoms in total. The summed E-state index contributed by atoms with van der Waals surface area (Å²) in [5.41, 5.74) is 14.4. The third-order valence-corrected chi connectivity index (χ3v) is 8.16. The second-order valence-electron chi connectivity index (χ2n) is 11.1. The number of aliphatic carboxylic acids is 2. The Bertz CT molecular complexity index is 1660. The summed E-state index contributed by atoms with van der Waals surface area (Å²) >= 11 is 0. The number of Topliss-reactive ketones (excluding diaryl/α,β-unsaturated/α-hetero) is 2. The highest BCUT2D eigenvalue weighted by molar-refractivity contribution is 6.23. The Hall–Kier alpha value is -5.32. The maximum absolute atomic E-state index is 14.9. The van der Waals surface area contributed by atoms with Crippen molar-refractivity contribution in [3.63, 3.8) is 0 Å². The first kappa shape index (κ1) is 35.5. The van der Waals surface area contributed by atoms with Crippen LogP contribution in [0.15, 0.2) is 48.5 Å². The second-order valence-corrected chi connectivity index (χ2v) is 11.1. The zero-order valence-corrected chi connectivity index (χ0v) is 26.3. The number of carbonyl (C=O) groups is 8. The summed E-state index contributed by atoms with van der Waals surface area (Å²) in [4.78, 5) is 109. The number of carboxylic acid groups (broad SMARTS) is 2. The third kappa shape index (κ3) is 7.30. The van der Waals surface area contributed by atoms with Gasteiger partial charge >= 0.3 is 11.9 Å². The molecule has 0 aliphatic carbocycles. The number of carbonyl (C=O) groups excluding carboxylic acids is 6. The number of hydrogen-bond donors (Lipinski definition) is 6. The van der Waals surface area contributed by atoms with Crippen LogP contribution >= 0.6 is 0 Å². The lowest BCUT2D eigenvalue weighted by Crippen LogP contribution is -2.72. The van der Waals surface area contributed by atoms with E-state index in [1.807, 2.05) is 0 Å². The van der Waals surface area contributed by atoms with E-state index in [0.717, 1.165) is 18.0 Å². The summed E-state index contributed by atoms with van der Waals surface area (Å²) in [7, 11) is 0.970. The third-order valence-electron chi connectivity index (χ3n) is 8.16. The molecule has 256 valence electrons. The SMILES string of the molecule is [2H]c1c(CN)cccc1C(=O)[C@@](C(=O)NCC(=O)O)(C(CCN1C(=O)c2ccccc2C1=O)C(=O)[C@@H](N)CC(=O)O)N(C)C(=O)C(N)CC. The first-order chi connectivity index (χ1) is 23.1. The van der Waals surface area contributed by atoms with Gasteiger partial charge in [0.2, 0.25) is 5.91 Å². The number of ketones is 2. The topological polar surface area (TPSA) is 274 Å². The minimum absolute atomic E-state index is 0.0251. The lowest BCUT2D eigenvalue weighted by atomic mass is 9.70. The number of imide groups is 1. The molecule has 4 atom stereocenters. The lowest BCUT2D eigenvalue weighted by Gasteiger charge is -2.45. The van der Waals surface area contributed by atoms with E-state index >= 15 is 0 Å². The molecule has 0 fully saturated rings. The second kappa shape index (κ2) is 15.5. The Kier molecular flexibility index (Phi) is 11.5. The van der Waals surface area contributed by atoms with E-state index in [1.54, 1.807) is 0 Å². The molecule has 2 aromatic rings. The van der Waals surface area contributed by atoms with Gasteiger partial charge in [0.1, 0.15) is 6.54 Å². The molecule has 0 bridgehead atoms. The van der Waals surface area contributed by atoms with Crippen molar-refractivity contribution in [3.8, 4) is 0 Å². The summed E-state index contributed by atoms with van der Waals surface area (Å²) in [6.45, 7) is -0.459. The molecule has 0 radical (unpaired) electrons. The lowest BCUT2D eigenvalue weighted by molar-refractivity contribution is -0.152. The van der Waals surface area contributed by atoms with Crippen molar-refractivity contribution in [1.82, 2.24) is 15.1 Å². The molecule has 0 saturated carbocycles. The fourth-order valence-corrected chi connectivity index (χ4v) is 5.62. The molecule has 3 rings (SSSR count). The van der Waals surface area contributed by atoms with Gasteiger partial charge in [-0.3, -0.25) is 43.3 Å². The highest BCUT2D eigenvalue weighted by atomic mass is 16.4. The van der Waals surface area contributed by atoms with Gasteiger partial charge in [0.15, 0.2) is 17.1 Å². The molecule has 0 saturated heterocycles. The van der Waals surface area contributed by atoms with Crippen molar-refractivity contribution in [1.29, 1.82) is 0 Å². The van der Waals surface area contributed by atoms with Crippen LogP contribution in [-0.2, 0) is 30.5 Å². The average Bonchev–Trinajstić information content (AvgIpc) is 3.31. The molecule has 1 aliphatic rings. The Morgan fingerprint density at radius 2 is 1.56 bits per heavy atom. The highest BCUT2D eigenvalue weighted by Crippen LogP contribution is 2.36. The van der Waals surface area contributed by atoms with Gasteiger partial charge in [0.25, 0.3) is 17.7 Å². The van der Waals surface area contributed by atoms with Crippen molar-refractivity contribution in [2.75, 3.05) is 20.1 Å². The van der Waals surface area contributed by atoms with Crippen LogP contribution in [0, 0.1) is 5.92 Å². The van der Waals surface area contributed by atoms with Crippen LogP contribution in [-0.4, -0.2) is 105 Å². The van der Waals surface area contributed by atoms with Crippen LogP contribution in [0.1, 0.15) is 64.2 Å². The Morgan fingerprint density at radius 3 is 2.08 bits per heavy atom. The number of likely N-dealkylation sites (N-methyl/N-ethyl adjacent to an activating group) is 1. The van der Waals surface area contributed by atoms with Crippen LogP contribution < -0.4 is 22.5 Å². The molecule has 2 unspecified atom stereocenters. The predicted molar refractivity (Wildman–Crippen MR) is 168 cm³/mol. The van der Waals surface area contributed by atoms with Gasteiger partial charge in [-0.25, -0.2) is 0 Å². The molecule has 2 aromatic carbocycles. The van der Waals surface area contributed by atoms with E-state index in [9.17, 15) is 48.6 Å². The predicted octanol–water partition coefficient (Wildman–Crippen LogP) is -0.863. The zero-order chi connectivity index (χ0) is 36.8. The number of nitrogens with zero attached hydrogens (tertiary/aromatic N) is 2. The van der Waals surface area contributed by atoms with Crippen LogP contribution in [0.2, 0.25) is 0 Å². The van der Waals surface area contributed by atoms with Gasteiger partial charge in [-0.05, 0) is 36.6 Å². The van der Waals surface area contributed by atoms with Crippen molar-refractivity contribution in [2.45, 2.75) is 50.4 Å². The Balaban J connectivity index is 2.38. The van der Waals surface area contributed by atoms with Crippen LogP contribution in [0.3, 0.4) is 0 Å². The van der Waals surface area contributed by atoms with Crippen molar-refractivity contribution in [3.05, 3.63) is 70.8 Å². The van der Waals surface area contributed by atoms with E-state index in [-0.39, 0.29) is 29.7 Å². The number of fused-ring (bicyclic) bond motifs is 1. The van der Waals surface area contributed by atoms with Crippen molar-refractivity contribution < 1.29 is 49.9 Å². The molecule has 4 amide bonds. The standard InChI is InChI=1S/C32H38N6O10/c1-3-22(34)30(47)37(2)32(31(48)36-16-25(41)42,27(44)18-8-6-7-17(13-18)15-33)21(26(43)23(35)14-24(39)40)11-12-38-28(45)19-9-4-5-10-20(19)29(38)46/h4-10,13,21-23H,3,11-12,14-16,33-35H2,1-2H3,(H,36,48)(H,39,40)(H,41,42)/t21?,22?,23-,32+/m0/s1/i13D. The Labute approximate surface area is 276 Å². The highest BCUT2D eigenvalue weighted by Gasteiger charge is 2.60. The average molecular weight is 668 g/mol. The number of rotatable bonds is 17. The first-order valence-corrected chi connectivity index (χ1v) is 14.9. The van der Waals surface area contributed by atoms with E-state index in [2.05, 4.69) is 5.32 Å². The van der Waals surface area contributed by atoms with Gasteiger partial charge in [-0.15, -0.1) is 0 Å². The zero-order valence-electron chi connectivity index (χ0n) is 27.3. The van der Waals surface area contributed by atoms with E-state index in [0.29, 0.717) is 4.90 Å². The summed E-state index contributed by atoms with van der Waals surface area (Å²) in [5.74, 6) is -11.9. The largest absolute Gasteiger partial charge is 0.481 e. The number of nitrogens with two attached hydrogens (primary N) is 3. The molecule has 1 aliphatic heterocycles. The summed E-state index contributed by atoms with van der Waals surface area (Å²) in [5, 5.41) is 20.9. The maximum atomic E-state index is 14.9. The molecule has 0 aromatic heterocycles. The van der Waals surface area contributed by atoms with Gasteiger partial charge in [-0.1, -0.05) is 37.3 Å². The molecule has 9 N–H and O–H groups in total. The van der Waals surface area contributed by atoms with E-state index in [1.165, 1.54) is 43.3 Å². The minimum Gasteiger partial charge on any atom is -0.481 e. The van der Waals surface area contributed by atoms with Gasteiger partial charge in [0.05, 0.1) is 36.9 Å². The molecular formula is C32H38N6O10. The quantitative estimate of drug-likeness (QED) is 0.0681. The summed E-state index contributed by atoms with van der Waals surface area (Å²) in [6.07, 6.45) is -1.77. The molecule has 48 heavy (non-hydrogen) atoms. The van der Waals surface area contributed by atoms with Crippen molar-refractivity contribution in [2.24, 2.45) is 23.1 Å². The smallest absolute Gasteiger partial charge is 0.322 e. The van der Waals surface area contributed by atoms with Crippen molar-refractivity contribution >= 4 is 47.1 Å². The van der Waals surface area contributed by atoms with Gasteiger partial charge in [0, 0.05) is 25.7 Å². The van der Waals surface area contributed by atoms with Crippen LogP contribution in [0.25, 0.3) is 0 Å². The van der Waals surface area contributed by atoms with Crippen LogP contribution in [0.5, 0.6) is 0 Å². The van der Waals surface area contributed by atoms with E-state index < -0.39 is 108 Å². The first-order valence-electron chi connectivity index (χ1n) is 15.4. The molecule has 1 heterocycles. The normalized spacial score (nSPS) is 15.8. The fraction of sp³-hybridized carbons (Fsp3) is 0.375. The molecule has 0 spiro atoms. The summed E-state index contributed by atoms with van der Waals surface area (Å²) < 4.78 is 8.69. The molecule has 16 heteroatoms. The number of carboxylic acids is 2. The minimum atomic E-state index is -3.09. The number of nitrogens with one attached hydrogen (secondary N) is 1.